The maximum absolute atomic E-state index is 13.2. The van der Waals surface area contributed by atoms with Crippen LogP contribution in [-0.4, -0.2) is 53.5 Å². The molecule has 1 saturated heterocycles. The molecule has 4 nitrogen and oxygen atoms in total. The zero-order chi connectivity index (χ0) is 17.4. The highest BCUT2D eigenvalue weighted by molar-refractivity contribution is 5.99. The molecule has 24 heavy (non-hydrogen) atoms. The number of aromatic nitrogens is 1. The summed E-state index contributed by atoms with van der Waals surface area (Å²) in [7, 11) is 6.26. The minimum atomic E-state index is 0.165. The second-order valence-electron chi connectivity index (χ2n) is 7.39. The third-order valence-electron chi connectivity index (χ3n) is 5.49. The van der Waals surface area contributed by atoms with Crippen molar-refractivity contribution in [2.24, 2.45) is 13.0 Å². The van der Waals surface area contributed by atoms with Crippen LogP contribution >= 0.6 is 0 Å². The van der Waals surface area contributed by atoms with E-state index in [0.29, 0.717) is 12.0 Å². The lowest BCUT2D eigenvalue weighted by Gasteiger charge is -2.24. The van der Waals surface area contributed by atoms with Gasteiger partial charge >= 0.3 is 0 Å². The van der Waals surface area contributed by atoms with Crippen molar-refractivity contribution in [2.75, 3.05) is 27.2 Å². The van der Waals surface area contributed by atoms with E-state index in [9.17, 15) is 4.79 Å². The molecule has 1 aliphatic rings. The molecule has 1 fully saturated rings. The Balaban J connectivity index is 1.90. The highest BCUT2D eigenvalue weighted by Gasteiger charge is 2.36. The SMILES string of the molecule is CCCC1CN(C(=O)c2cc3cccc(C)c3n2C)CC1N(C)C. The van der Waals surface area contributed by atoms with Crippen LogP contribution in [-0.2, 0) is 7.05 Å². The fourth-order valence-electron chi connectivity index (χ4n) is 4.25. The number of nitrogens with zero attached hydrogens (tertiary/aromatic N) is 3. The van der Waals surface area contributed by atoms with E-state index in [1.807, 2.05) is 13.1 Å². The maximum atomic E-state index is 13.2. The van der Waals surface area contributed by atoms with Crippen LogP contribution in [0.25, 0.3) is 10.9 Å². The van der Waals surface area contributed by atoms with Crippen molar-refractivity contribution in [3.63, 3.8) is 0 Å². The van der Waals surface area contributed by atoms with Crippen LogP contribution in [0.4, 0.5) is 0 Å². The average Bonchev–Trinajstić information content (AvgIpc) is 3.10. The van der Waals surface area contributed by atoms with Crippen LogP contribution in [0.2, 0.25) is 0 Å². The van der Waals surface area contributed by atoms with E-state index in [2.05, 4.69) is 60.5 Å². The molecule has 0 aliphatic carbocycles. The van der Waals surface area contributed by atoms with Crippen LogP contribution in [0.15, 0.2) is 24.3 Å². The molecule has 0 bridgehead atoms. The van der Waals surface area contributed by atoms with Gasteiger partial charge in [0.15, 0.2) is 0 Å². The molecule has 3 rings (SSSR count). The minimum absolute atomic E-state index is 0.165. The summed E-state index contributed by atoms with van der Waals surface area (Å²) in [6.45, 7) is 6.03. The van der Waals surface area contributed by atoms with Gasteiger partial charge in [0.25, 0.3) is 5.91 Å². The number of benzene rings is 1. The fraction of sp³-hybridized carbons (Fsp3) is 0.550. The maximum Gasteiger partial charge on any atom is 0.270 e. The topological polar surface area (TPSA) is 28.5 Å². The van der Waals surface area contributed by atoms with Crippen molar-refractivity contribution < 1.29 is 4.79 Å². The number of para-hydroxylation sites is 1. The Morgan fingerprint density at radius 3 is 2.67 bits per heavy atom. The van der Waals surface area contributed by atoms with Gasteiger partial charge in [0.1, 0.15) is 5.69 Å². The summed E-state index contributed by atoms with van der Waals surface area (Å²) in [4.78, 5) is 17.5. The Morgan fingerprint density at radius 1 is 1.29 bits per heavy atom. The number of carbonyl (C=O) groups excluding carboxylic acids is 1. The highest BCUT2D eigenvalue weighted by Crippen LogP contribution is 2.28. The van der Waals surface area contributed by atoms with Gasteiger partial charge < -0.3 is 14.4 Å². The predicted octanol–water partition coefficient (Wildman–Crippen LogP) is 3.29. The molecule has 0 radical (unpaired) electrons. The van der Waals surface area contributed by atoms with Crippen LogP contribution in [0.1, 0.15) is 35.8 Å². The first-order chi connectivity index (χ1) is 11.4. The van der Waals surface area contributed by atoms with E-state index in [0.717, 1.165) is 29.7 Å². The van der Waals surface area contributed by atoms with Crippen LogP contribution in [0.3, 0.4) is 0 Å². The monoisotopic (exact) mass is 327 g/mol. The van der Waals surface area contributed by atoms with E-state index in [1.54, 1.807) is 0 Å². The quantitative estimate of drug-likeness (QED) is 0.862. The lowest BCUT2D eigenvalue weighted by molar-refractivity contribution is 0.0772. The molecule has 0 N–H and O–H groups in total. The smallest absolute Gasteiger partial charge is 0.270 e. The Labute approximate surface area is 145 Å². The van der Waals surface area contributed by atoms with Crippen molar-refractivity contribution >= 4 is 16.8 Å². The van der Waals surface area contributed by atoms with E-state index < -0.39 is 0 Å². The number of amides is 1. The number of fused-ring (bicyclic) bond motifs is 1. The van der Waals surface area contributed by atoms with Gasteiger partial charge in [0, 0.05) is 31.6 Å². The van der Waals surface area contributed by atoms with Crippen LogP contribution < -0.4 is 0 Å². The first-order valence-electron chi connectivity index (χ1n) is 8.94. The molecule has 0 spiro atoms. The molecule has 1 aromatic heterocycles. The van der Waals surface area contributed by atoms with Gasteiger partial charge in [-0.3, -0.25) is 4.79 Å². The highest BCUT2D eigenvalue weighted by atomic mass is 16.2. The van der Waals surface area contributed by atoms with Crippen molar-refractivity contribution in [1.82, 2.24) is 14.4 Å². The molecule has 2 atom stereocenters. The molecule has 1 amide bonds. The van der Waals surface area contributed by atoms with Crippen LogP contribution in [0.5, 0.6) is 0 Å². The largest absolute Gasteiger partial charge is 0.339 e. The minimum Gasteiger partial charge on any atom is -0.339 e. The van der Waals surface area contributed by atoms with Crippen molar-refractivity contribution in [3.05, 3.63) is 35.5 Å². The summed E-state index contributed by atoms with van der Waals surface area (Å²) in [5.74, 6) is 0.740. The number of rotatable bonds is 4. The van der Waals surface area contributed by atoms with Gasteiger partial charge in [-0.25, -0.2) is 0 Å². The lowest BCUT2D eigenvalue weighted by Crippen LogP contribution is -2.36. The molecule has 2 aromatic rings. The fourth-order valence-corrected chi connectivity index (χ4v) is 4.25. The first-order valence-corrected chi connectivity index (χ1v) is 8.94. The van der Waals surface area contributed by atoms with Crippen molar-refractivity contribution in [2.45, 2.75) is 32.7 Å². The van der Waals surface area contributed by atoms with Crippen LogP contribution in [0, 0.1) is 12.8 Å². The summed E-state index contributed by atoms with van der Waals surface area (Å²) in [6.07, 6.45) is 2.35. The molecular formula is C20H29N3O. The van der Waals surface area contributed by atoms with Gasteiger partial charge in [0.2, 0.25) is 0 Å². The number of likely N-dealkylation sites (tertiary alicyclic amines) is 1. The van der Waals surface area contributed by atoms with E-state index in [4.69, 9.17) is 0 Å². The molecule has 4 heteroatoms. The molecule has 1 aromatic carbocycles. The second kappa shape index (κ2) is 6.60. The van der Waals surface area contributed by atoms with Crippen molar-refractivity contribution in [3.8, 4) is 0 Å². The van der Waals surface area contributed by atoms with Crippen molar-refractivity contribution in [1.29, 1.82) is 0 Å². The van der Waals surface area contributed by atoms with Gasteiger partial charge in [-0.05, 0) is 45.0 Å². The van der Waals surface area contributed by atoms with E-state index in [-0.39, 0.29) is 5.91 Å². The third-order valence-corrected chi connectivity index (χ3v) is 5.49. The standard InChI is InChI=1S/C20H29N3O/c1-6-8-16-12-23(13-18(16)21(3)4)20(24)17-11-15-10-7-9-14(2)19(15)22(17)5/h7,9-11,16,18H,6,8,12-13H2,1-5H3. The lowest BCUT2D eigenvalue weighted by atomic mass is 9.98. The van der Waals surface area contributed by atoms with Gasteiger partial charge in [0.05, 0.1) is 5.52 Å². The molecule has 1 aliphatic heterocycles. The molecule has 0 saturated carbocycles. The Hall–Kier alpha value is -1.81. The summed E-state index contributed by atoms with van der Waals surface area (Å²) >= 11 is 0. The van der Waals surface area contributed by atoms with Gasteiger partial charge in [-0.15, -0.1) is 0 Å². The summed E-state index contributed by atoms with van der Waals surface area (Å²) < 4.78 is 2.06. The number of carbonyl (C=O) groups is 1. The van der Waals surface area contributed by atoms with Gasteiger partial charge in [-0.2, -0.15) is 0 Å². The normalized spacial score (nSPS) is 21.2. The molecule has 2 unspecified atom stereocenters. The van der Waals surface area contributed by atoms with E-state index >= 15 is 0 Å². The summed E-state index contributed by atoms with van der Waals surface area (Å²) in [5.41, 5.74) is 3.17. The van der Waals surface area contributed by atoms with Gasteiger partial charge in [-0.1, -0.05) is 31.5 Å². The zero-order valence-electron chi connectivity index (χ0n) is 15.5. The van der Waals surface area contributed by atoms with E-state index in [1.165, 1.54) is 18.4 Å². The summed E-state index contributed by atoms with van der Waals surface area (Å²) in [6, 6.07) is 8.76. The average molecular weight is 327 g/mol. The molecular weight excluding hydrogens is 298 g/mol. The summed E-state index contributed by atoms with van der Waals surface area (Å²) in [5, 5.41) is 1.15. The Kier molecular flexibility index (Phi) is 4.68. The number of hydrogen-bond donors (Lipinski definition) is 0. The first kappa shape index (κ1) is 17.0. The number of likely N-dealkylation sites (N-methyl/N-ethyl adjacent to an activating group) is 1. The predicted molar refractivity (Wildman–Crippen MR) is 99.4 cm³/mol. The second-order valence-corrected chi connectivity index (χ2v) is 7.39. The zero-order valence-corrected chi connectivity index (χ0v) is 15.5. The Morgan fingerprint density at radius 2 is 2.04 bits per heavy atom. The Bertz CT molecular complexity index is 747. The third kappa shape index (κ3) is 2.84. The molecule has 2 heterocycles. The molecule has 130 valence electrons. The number of hydrogen-bond acceptors (Lipinski definition) is 2. The number of aryl methyl sites for hydroxylation is 2.